The highest BCUT2D eigenvalue weighted by molar-refractivity contribution is 5.93. The molecule has 7 heteroatoms. The van der Waals surface area contributed by atoms with Crippen LogP contribution in [0.4, 0.5) is 13.2 Å². The first-order chi connectivity index (χ1) is 10.3. The maximum atomic E-state index is 12.7. The van der Waals surface area contributed by atoms with Crippen LogP contribution in [0, 0.1) is 0 Å². The molecular formula is C15H13F3N2O2. The number of pyridine rings is 1. The van der Waals surface area contributed by atoms with Crippen molar-refractivity contribution in [2.24, 2.45) is 0 Å². The highest BCUT2D eigenvalue weighted by atomic mass is 19.4. The molecular weight excluding hydrogens is 297 g/mol. The van der Waals surface area contributed by atoms with Gasteiger partial charge in [0, 0.05) is 6.20 Å². The average Bonchev–Trinajstić information content (AvgIpc) is 2.46. The van der Waals surface area contributed by atoms with Gasteiger partial charge in [-0.05, 0) is 36.8 Å². The summed E-state index contributed by atoms with van der Waals surface area (Å²) in [4.78, 5) is 25.8. The Balaban J connectivity index is 2.19. The third-order valence-electron chi connectivity index (χ3n) is 3.12. The number of benzene rings is 1. The van der Waals surface area contributed by atoms with E-state index in [1.165, 1.54) is 30.5 Å². The molecule has 0 bridgehead atoms. The Morgan fingerprint density at radius 2 is 1.95 bits per heavy atom. The summed E-state index contributed by atoms with van der Waals surface area (Å²) in [6.45, 7) is 1.55. The molecule has 0 saturated carbocycles. The zero-order chi connectivity index (χ0) is 16.3. The fourth-order valence-electron chi connectivity index (χ4n) is 1.94. The van der Waals surface area contributed by atoms with Crippen LogP contribution in [-0.4, -0.2) is 10.9 Å². The highest BCUT2D eigenvalue weighted by Crippen LogP contribution is 2.30. The number of alkyl halides is 3. The summed E-state index contributed by atoms with van der Waals surface area (Å²) in [6, 6.07) is 6.85. The van der Waals surface area contributed by atoms with Crippen LogP contribution in [0.25, 0.3) is 0 Å². The standard InChI is InChI=1S/C15H13F3N2O2/c1-9(10-4-2-5-11(8-10)15(16,17)18)20-14(22)12-6-3-7-19-13(12)21/h2-9H,1H3,(H,19,21)(H,20,22). The van der Waals surface area contributed by atoms with Gasteiger partial charge in [-0.1, -0.05) is 12.1 Å². The maximum Gasteiger partial charge on any atom is 0.416 e. The van der Waals surface area contributed by atoms with Gasteiger partial charge in [0.25, 0.3) is 11.5 Å². The molecule has 1 amide bonds. The van der Waals surface area contributed by atoms with Crippen molar-refractivity contribution in [1.82, 2.24) is 10.3 Å². The number of hydrogen-bond acceptors (Lipinski definition) is 2. The molecule has 0 aliphatic carbocycles. The van der Waals surface area contributed by atoms with Crippen LogP contribution in [0.3, 0.4) is 0 Å². The minimum atomic E-state index is -4.45. The van der Waals surface area contributed by atoms with Gasteiger partial charge in [0.2, 0.25) is 0 Å². The van der Waals surface area contributed by atoms with Gasteiger partial charge in [-0.15, -0.1) is 0 Å². The predicted octanol–water partition coefficient (Wildman–Crippen LogP) is 2.88. The molecule has 2 rings (SSSR count). The molecule has 0 radical (unpaired) electrons. The Hall–Kier alpha value is -2.57. The molecule has 1 heterocycles. The molecule has 4 nitrogen and oxygen atoms in total. The van der Waals surface area contributed by atoms with Crippen LogP contribution in [0.2, 0.25) is 0 Å². The largest absolute Gasteiger partial charge is 0.416 e. The topological polar surface area (TPSA) is 62.0 Å². The Labute approximate surface area is 124 Å². The summed E-state index contributed by atoms with van der Waals surface area (Å²) in [5.41, 5.74) is -1.14. The molecule has 0 fully saturated rings. The summed E-state index contributed by atoms with van der Waals surface area (Å²) in [5, 5.41) is 2.51. The number of amides is 1. The summed E-state index contributed by atoms with van der Waals surface area (Å²) in [7, 11) is 0. The quantitative estimate of drug-likeness (QED) is 0.915. The number of carbonyl (C=O) groups is 1. The van der Waals surface area contributed by atoms with E-state index in [0.717, 1.165) is 12.1 Å². The first-order valence-corrected chi connectivity index (χ1v) is 6.45. The van der Waals surface area contributed by atoms with Crippen LogP contribution in [0.5, 0.6) is 0 Å². The van der Waals surface area contributed by atoms with Crippen molar-refractivity contribution in [2.45, 2.75) is 19.1 Å². The lowest BCUT2D eigenvalue weighted by Gasteiger charge is -2.16. The Morgan fingerprint density at radius 3 is 2.59 bits per heavy atom. The van der Waals surface area contributed by atoms with Crippen LogP contribution in [0.1, 0.15) is 34.5 Å². The van der Waals surface area contributed by atoms with Crippen molar-refractivity contribution < 1.29 is 18.0 Å². The number of rotatable bonds is 3. The summed E-state index contributed by atoms with van der Waals surface area (Å²) < 4.78 is 38.0. The van der Waals surface area contributed by atoms with E-state index >= 15 is 0 Å². The fraction of sp³-hybridized carbons (Fsp3) is 0.200. The van der Waals surface area contributed by atoms with Crippen molar-refractivity contribution >= 4 is 5.91 Å². The van der Waals surface area contributed by atoms with Crippen molar-refractivity contribution in [3.8, 4) is 0 Å². The molecule has 1 aromatic heterocycles. The third-order valence-corrected chi connectivity index (χ3v) is 3.12. The van der Waals surface area contributed by atoms with Crippen molar-refractivity contribution in [2.75, 3.05) is 0 Å². The number of H-pyrrole nitrogens is 1. The first kappa shape index (κ1) is 15.8. The summed E-state index contributed by atoms with van der Waals surface area (Å²) >= 11 is 0. The van der Waals surface area contributed by atoms with E-state index in [2.05, 4.69) is 10.3 Å². The molecule has 0 spiro atoms. The zero-order valence-electron chi connectivity index (χ0n) is 11.6. The third kappa shape index (κ3) is 3.55. The van der Waals surface area contributed by atoms with Gasteiger partial charge in [0.15, 0.2) is 0 Å². The van der Waals surface area contributed by atoms with E-state index in [0.29, 0.717) is 5.56 Å². The van der Waals surface area contributed by atoms with E-state index in [1.54, 1.807) is 6.92 Å². The van der Waals surface area contributed by atoms with Crippen LogP contribution in [0.15, 0.2) is 47.4 Å². The van der Waals surface area contributed by atoms with Crippen molar-refractivity contribution in [3.05, 3.63) is 69.6 Å². The van der Waals surface area contributed by atoms with Crippen molar-refractivity contribution in [3.63, 3.8) is 0 Å². The van der Waals surface area contributed by atoms with E-state index in [-0.39, 0.29) is 5.56 Å². The molecule has 2 N–H and O–H groups in total. The number of aromatic amines is 1. The second kappa shape index (κ2) is 6.05. The number of nitrogens with one attached hydrogen (secondary N) is 2. The molecule has 0 saturated heterocycles. The van der Waals surface area contributed by atoms with Gasteiger partial charge in [-0.3, -0.25) is 9.59 Å². The molecule has 1 unspecified atom stereocenters. The minimum Gasteiger partial charge on any atom is -0.345 e. The first-order valence-electron chi connectivity index (χ1n) is 6.45. The van der Waals surface area contributed by atoms with Crippen molar-refractivity contribution in [1.29, 1.82) is 0 Å². The monoisotopic (exact) mass is 310 g/mol. The lowest BCUT2D eigenvalue weighted by Crippen LogP contribution is -2.31. The number of aromatic nitrogens is 1. The van der Waals surface area contributed by atoms with Gasteiger partial charge in [-0.25, -0.2) is 0 Å². The van der Waals surface area contributed by atoms with Gasteiger partial charge in [0.05, 0.1) is 11.6 Å². The molecule has 0 aliphatic heterocycles. The van der Waals surface area contributed by atoms with Gasteiger partial charge in [-0.2, -0.15) is 13.2 Å². The van der Waals surface area contributed by atoms with E-state index in [9.17, 15) is 22.8 Å². The Kier molecular flexibility index (Phi) is 4.35. The zero-order valence-corrected chi connectivity index (χ0v) is 11.6. The molecule has 22 heavy (non-hydrogen) atoms. The average molecular weight is 310 g/mol. The molecule has 2 aromatic rings. The van der Waals surface area contributed by atoms with Crippen LogP contribution in [-0.2, 0) is 6.18 Å². The second-order valence-corrected chi connectivity index (χ2v) is 4.73. The summed E-state index contributed by atoms with van der Waals surface area (Å²) in [6.07, 6.45) is -3.06. The van der Waals surface area contributed by atoms with E-state index < -0.39 is 29.2 Å². The van der Waals surface area contributed by atoms with Gasteiger partial charge in [0.1, 0.15) is 5.56 Å². The number of halogens is 3. The molecule has 0 aliphatic rings. The Bertz CT molecular complexity index is 738. The minimum absolute atomic E-state index is 0.0960. The SMILES string of the molecule is CC(NC(=O)c1ccc[nH]c1=O)c1cccc(C(F)(F)F)c1. The second-order valence-electron chi connectivity index (χ2n) is 4.73. The summed E-state index contributed by atoms with van der Waals surface area (Å²) in [5.74, 6) is -0.647. The number of hydrogen-bond donors (Lipinski definition) is 2. The molecule has 116 valence electrons. The van der Waals surface area contributed by atoms with E-state index in [4.69, 9.17) is 0 Å². The van der Waals surface area contributed by atoms with Crippen LogP contribution >= 0.6 is 0 Å². The van der Waals surface area contributed by atoms with Gasteiger partial charge >= 0.3 is 6.18 Å². The Morgan fingerprint density at radius 1 is 1.23 bits per heavy atom. The lowest BCUT2D eigenvalue weighted by atomic mass is 10.0. The predicted molar refractivity (Wildman–Crippen MR) is 74.4 cm³/mol. The maximum absolute atomic E-state index is 12.7. The van der Waals surface area contributed by atoms with Gasteiger partial charge < -0.3 is 10.3 Å². The number of carbonyl (C=O) groups excluding carboxylic acids is 1. The van der Waals surface area contributed by atoms with Crippen LogP contribution < -0.4 is 10.9 Å². The lowest BCUT2D eigenvalue weighted by molar-refractivity contribution is -0.137. The normalized spacial score (nSPS) is 12.7. The molecule has 1 aromatic carbocycles. The fourth-order valence-corrected chi connectivity index (χ4v) is 1.94. The smallest absolute Gasteiger partial charge is 0.345 e. The highest BCUT2D eigenvalue weighted by Gasteiger charge is 2.30. The molecule has 1 atom stereocenters. The van der Waals surface area contributed by atoms with E-state index in [1.807, 2.05) is 0 Å².